The predicted octanol–water partition coefficient (Wildman–Crippen LogP) is 6.42. The molecule has 0 aliphatic heterocycles. The van der Waals surface area contributed by atoms with Crippen LogP contribution in [-0.4, -0.2) is 49.6 Å². The Hall–Kier alpha value is -2.32. The van der Waals surface area contributed by atoms with E-state index in [2.05, 4.69) is 4.90 Å². The number of nitrogens with zero attached hydrogens (tertiary/aromatic N) is 3. The zero-order valence-corrected chi connectivity index (χ0v) is 21.4. The Morgan fingerprint density at radius 2 is 2.00 bits per heavy atom. The highest BCUT2D eigenvalue weighted by molar-refractivity contribution is 7.22. The Bertz CT molecular complexity index is 1270. The molecule has 0 saturated heterocycles. The third-order valence-electron chi connectivity index (χ3n) is 5.22. The molecule has 0 N–H and O–H groups in total. The molecule has 0 aliphatic rings. The van der Waals surface area contributed by atoms with Crippen LogP contribution < -0.4 is 9.64 Å². The number of fused-ring (bicyclic) bond motifs is 2. The fraction of sp³-hybridized carbons (Fsp3) is 0.333. The highest BCUT2D eigenvalue weighted by Crippen LogP contribution is 2.35. The summed E-state index contributed by atoms with van der Waals surface area (Å²) in [5.74, 6) is 0.685. The van der Waals surface area contributed by atoms with Crippen LogP contribution in [0.3, 0.4) is 0 Å². The van der Waals surface area contributed by atoms with Crippen molar-refractivity contribution in [3.63, 3.8) is 0 Å². The molecule has 0 fully saturated rings. The second kappa shape index (κ2) is 10.7. The van der Waals surface area contributed by atoms with Gasteiger partial charge in [0.05, 0.1) is 16.8 Å². The third kappa shape index (κ3) is 5.27. The van der Waals surface area contributed by atoms with Gasteiger partial charge in [0.25, 0.3) is 5.91 Å². The minimum atomic E-state index is -0.217. The molecule has 6 nitrogen and oxygen atoms in total. The van der Waals surface area contributed by atoms with E-state index in [1.54, 1.807) is 11.0 Å². The van der Waals surface area contributed by atoms with Crippen molar-refractivity contribution >= 4 is 67.6 Å². The van der Waals surface area contributed by atoms with Gasteiger partial charge in [0.2, 0.25) is 0 Å². The Morgan fingerprint density at radius 3 is 2.73 bits per heavy atom. The molecule has 1 amide bonds. The molecule has 0 saturated carbocycles. The number of hydrogen-bond donors (Lipinski definition) is 0. The monoisotopic (exact) mass is 507 g/mol. The number of ether oxygens (including phenoxy) is 1. The number of carbonyl (C=O) groups is 1. The van der Waals surface area contributed by atoms with Gasteiger partial charge in [-0.3, -0.25) is 9.69 Å². The van der Waals surface area contributed by atoms with E-state index in [4.69, 9.17) is 25.7 Å². The number of aryl methyl sites for hydroxylation is 1. The summed E-state index contributed by atoms with van der Waals surface area (Å²) in [6, 6.07) is 11.2. The highest BCUT2D eigenvalue weighted by atomic mass is 35.5. The number of thiazole rings is 1. The Balaban J connectivity index is 0.00000306. The normalized spacial score (nSPS) is 11.2. The van der Waals surface area contributed by atoms with Gasteiger partial charge in [0.15, 0.2) is 22.2 Å². The molecule has 33 heavy (non-hydrogen) atoms. The quantitative estimate of drug-likeness (QED) is 0.275. The van der Waals surface area contributed by atoms with Gasteiger partial charge in [-0.1, -0.05) is 35.1 Å². The van der Waals surface area contributed by atoms with Crippen molar-refractivity contribution in [1.29, 1.82) is 0 Å². The first-order valence-electron chi connectivity index (χ1n) is 10.6. The fourth-order valence-corrected chi connectivity index (χ4v) is 4.78. The summed E-state index contributed by atoms with van der Waals surface area (Å²) >= 11 is 7.77. The Labute approximate surface area is 208 Å². The third-order valence-corrected chi connectivity index (χ3v) is 6.67. The molecule has 176 valence electrons. The average Bonchev–Trinajstić information content (AvgIpc) is 3.39. The van der Waals surface area contributed by atoms with E-state index in [1.807, 2.05) is 58.3 Å². The van der Waals surface area contributed by atoms with E-state index in [-0.39, 0.29) is 24.1 Å². The standard InChI is InChI=1S/C24H26ClN3O3S.ClH/c1-5-30-18-9-6-8-16-14-19(31-22(16)18)23(29)28(13-7-12-27(3)4)24-26-21-15(2)17(25)10-11-20(21)32-24;/h6,8-11,14H,5,7,12-13H2,1-4H3;1H. The van der Waals surface area contributed by atoms with Gasteiger partial charge < -0.3 is 14.1 Å². The number of hydrogen-bond acceptors (Lipinski definition) is 6. The van der Waals surface area contributed by atoms with Crippen LogP contribution in [0.4, 0.5) is 5.13 Å². The van der Waals surface area contributed by atoms with E-state index in [0.29, 0.717) is 34.6 Å². The Kier molecular flexibility index (Phi) is 8.23. The molecule has 2 aromatic carbocycles. The van der Waals surface area contributed by atoms with Crippen molar-refractivity contribution in [3.05, 3.63) is 52.7 Å². The van der Waals surface area contributed by atoms with Crippen LogP contribution in [0.1, 0.15) is 29.5 Å². The van der Waals surface area contributed by atoms with E-state index in [0.717, 1.165) is 34.1 Å². The van der Waals surface area contributed by atoms with Crippen LogP contribution in [0, 0.1) is 6.92 Å². The molecule has 0 atom stereocenters. The number of anilines is 1. The molecular weight excluding hydrogens is 481 g/mol. The number of aromatic nitrogens is 1. The lowest BCUT2D eigenvalue weighted by molar-refractivity contribution is 0.0961. The van der Waals surface area contributed by atoms with Gasteiger partial charge in [-0.15, -0.1) is 12.4 Å². The second-order valence-corrected chi connectivity index (χ2v) is 9.26. The number of halogens is 2. The smallest absolute Gasteiger partial charge is 0.295 e. The SMILES string of the molecule is CCOc1cccc2cc(C(=O)N(CCCN(C)C)c3nc4c(C)c(Cl)ccc4s3)oc12.Cl. The van der Waals surface area contributed by atoms with Crippen molar-refractivity contribution in [3.8, 4) is 5.75 Å². The number of amides is 1. The maximum absolute atomic E-state index is 13.6. The first kappa shape index (κ1) is 25.3. The second-order valence-electron chi connectivity index (χ2n) is 7.85. The van der Waals surface area contributed by atoms with Crippen LogP contribution in [0.2, 0.25) is 5.02 Å². The summed E-state index contributed by atoms with van der Waals surface area (Å²) in [5, 5.41) is 2.14. The fourth-order valence-electron chi connectivity index (χ4n) is 3.58. The van der Waals surface area contributed by atoms with E-state index >= 15 is 0 Å². The molecular formula is C24H27Cl2N3O3S. The molecule has 0 unspecified atom stereocenters. The van der Waals surface area contributed by atoms with E-state index < -0.39 is 0 Å². The van der Waals surface area contributed by atoms with Crippen molar-refractivity contribution in [2.45, 2.75) is 20.3 Å². The summed E-state index contributed by atoms with van der Waals surface area (Å²) in [7, 11) is 4.04. The van der Waals surface area contributed by atoms with Gasteiger partial charge in [0.1, 0.15) is 0 Å². The molecule has 9 heteroatoms. The number of carbonyl (C=O) groups excluding carboxylic acids is 1. The van der Waals surface area contributed by atoms with Gasteiger partial charge in [0, 0.05) is 17.0 Å². The predicted molar refractivity (Wildman–Crippen MR) is 139 cm³/mol. The van der Waals surface area contributed by atoms with Gasteiger partial charge in [-0.2, -0.15) is 0 Å². The minimum Gasteiger partial charge on any atom is -0.490 e. The van der Waals surface area contributed by atoms with Gasteiger partial charge in [-0.25, -0.2) is 4.98 Å². The summed E-state index contributed by atoms with van der Waals surface area (Å²) in [6.07, 6.45) is 0.804. The molecule has 0 bridgehead atoms. The van der Waals surface area contributed by atoms with Crippen LogP contribution in [-0.2, 0) is 0 Å². The summed E-state index contributed by atoms with van der Waals surface area (Å²) in [4.78, 5) is 22.2. The lowest BCUT2D eigenvalue weighted by Gasteiger charge is -2.19. The Morgan fingerprint density at radius 1 is 1.21 bits per heavy atom. The lowest BCUT2D eigenvalue weighted by atomic mass is 10.2. The number of rotatable bonds is 8. The van der Waals surface area contributed by atoms with Crippen LogP contribution in [0.5, 0.6) is 5.75 Å². The summed E-state index contributed by atoms with van der Waals surface area (Å²) in [6.45, 7) is 5.77. The highest BCUT2D eigenvalue weighted by Gasteiger charge is 2.25. The van der Waals surface area contributed by atoms with Crippen molar-refractivity contribution in [1.82, 2.24) is 9.88 Å². The van der Waals surface area contributed by atoms with E-state index in [1.165, 1.54) is 11.3 Å². The molecule has 0 spiro atoms. The van der Waals surface area contributed by atoms with E-state index in [9.17, 15) is 4.79 Å². The molecule has 0 aliphatic carbocycles. The van der Waals surface area contributed by atoms with Crippen molar-refractivity contribution in [2.75, 3.05) is 38.7 Å². The first-order valence-corrected chi connectivity index (χ1v) is 11.8. The zero-order chi connectivity index (χ0) is 22.8. The largest absolute Gasteiger partial charge is 0.490 e. The van der Waals surface area contributed by atoms with Crippen LogP contribution in [0.15, 0.2) is 40.8 Å². The average molecular weight is 508 g/mol. The van der Waals surface area contributed by atoms with Gasteiger partial charge >= 0.3 is 0 Å². The first-order chi connectivity index (χ1) is 15.4. The van der Waals surface area contributed by atoms with Crippen molar-refractivity contribution in [2.24, 2.45) is 0 Å². The van der Waals surface area contributed by atoms with Crippen LogP contribution >= 0.6 is 35.3 Å². The molecule has 2 heterocycles. The zero-order valence-electron chi connectivity index (χ0n) is 19.1. The maximum Gasteiger partial charge on any atom is 0.295 e. The molecule has 2 aromatic heterocycles. The topological polar surface area (TPSA) is 58.8 Å². The molecule has 4 aromatic rings. The lowest BCUT2D eigenvalue weighted by Crippen LogP contribution is -2.33. The van der Waals surface area contributed by atoms with Gasteiger partial charge in [-0.05, 0) is 70.7 Å². The maximum atomic E-state index is 13.6. The van der Waals surface area contributed by atoms with Crippen LogP contribution in [0.25, 0.3) is 21.2 Å². The number of furan rings is 1. The molecule has 4 rings (SSSR count). The number of benzene rings is 2. The molecule has 0 radical (unpaired) electrons. The summed E-state index contributed by atoms with van der Waals surface area (Å²) in [5.41, 5.74) is 2.32. The summed E-state index contributed by atoms with van der Waals surface area (Å²) < 4.78 is 12.7. The minimum absolute atomic E-state index is 0. The van der Waals surface area contributed by atoms with Crippen molar-refractivity contribution < 1.29 is 13.9 Å². The number of para-hydroxylation sites is 1.